The van der Waals surface area contributed by atoms with Gasteiger partial charge in [0.1, 0.15) is 5.69 Å². The van der Waals surface area contributed by atoms with Gasteiger partial charge in [0, 0.05) is 18.7 Å². The Morgan fingerprint density at radius 2 is 2.32 bits per heavy atom. The van der Waals surface area contributed by atoms with Gasteiger partial charge in [-0.15, -0.1) is 0 Å². The molecule has 0 bridgehead atoms. The minimum absolute atomic E-state index is 0.271. The molecule has 0 amide bonds. The average molecular weight is 257 g/mol. The molecule has 0 unspecified atom stereocenters. The van der Waals surface area contributed by atoms with E-state index >= 15 is 0 Å². The molecule has 19 heavy (non-hydrogen) atoms. The highest BCUT2D eigenvalue weighted by atomic mass is 16.4. The Balaban J connectivity index is 2.20. The number of rotatable bonds is 2. The van der Waals surface area contributed by atoms with Crippen molar-refractivity contribution in [3.05, 3.63) is 35.5 Å². The second kappa shape index (κ2) is 4.42. The van der Waals surface area contributed by atoms with E-state index in [-0.39, 0.29) is 5.69 Å². The predicted octanol–water partition coefficient (Wildman–Crippen LogP) is 2.37. The lowest BCUT2D eigenvalue weighted by Crippen LogP contribution is -2.20. The molecule has 0 aliphatic carbocycles. The number of benzene rings is 1. The van der Waals surface area contributed by atoms with E-state index in [1.807, 2.05) is 31.2 Å². The molecule has 3 rings (SSSR count). The molecular formula is C14H15N3O2. The van der Waals surface area contributed by atoms with Crippen LogP contribution in [0.1, 0.15) is 22.5 Å². The Hall–Kier alpha value is -2.30. The van der Waals surface area contributed by atoms with E-state index in [2.05, 4.69) is 10.3 Å². The first kappa shape index (κ1) is 11.8. The summed E-state index contributed by atoms with van der Waals surface area (Å²) in [6.07, 6.45) is 0.914. The maximum atomic E-state index is 11.5. The van der Waals surface area contributed by atoms with Crippen molar-refractivity contribution < 1.29 is 9.90 Å². The standard InChI is InChI=1S/C14H15N3O2/c1-9-4-2-5-10(8-9)11-12(13(18)19)17-7-3-6-15-14(17)16-11/h2,4-5,8H,3,6-7H2,1H3,(H,15,16)(H,18,19). The summed E-state index contributed by atoms with van der Waals surface area (Å²) in [5.41, 5.74) is 2.75. The summed E-state index contributed by atoms with van der Waals surface area (Å²) in [5, 5.41) is 12.6. The molecule has 0 saturated carbocycles. The summed E-state index contributed by atoms with van der Waals surface area (Å²) in [6, 6.07) is 7.76. The van der Waals surface area contributed by atoms with Crippen LogP contribution in [0.15, 0.2) is 24.3 Å². The zero-order valence-electron chi connectivity index (χ0n) is 10.7. The molecule has 5 nitrogen and oxygen atoms in total. The fourth-order valence-corrected chi connectivity index (χ4v) is 2.45. The molecule has 0 spiro atoms. The Bertz CT molecular complexity index is 646. The first-order chi connectivity index (χ1) is 9.16. The van der Waals surface area contributed by atoms with Gasteiger partial charge >= 0.3 is 5.97 Å². The van der Waals surface area contributed by atoms with Gasteiger partial charge in [-0.3, -0.25) is 0 Å². The van der Waals surface area contributed by atoms with E-state index in [0.717, 1.165) is 24.1 Å². The van der Waals surface area contributed by atoms with Crippen LogP contribution in [0, 0.1) is 6.92 Å². The molecule has 2 N–H and O–H groups in total. The van der Waals surface area contributed by atoms with Gasteiger partial charge in [-0.2, -0.15) is 0 Å². The highest BCUT2D eigenvalue weighted by Crippen LogP contribution is 2.28. The van der Waals surface area contributed by atoms with Gasteiger partial charge in [0.25, 0.3) is 0 Å². The van der Waals surface area contributed by atoms with Crippen LogP contribution >= 0.6 is 0 Å². The number of anilines is 1. The summed E-state index contributed by atoms with van der Waals surface area (Å²) in [4.78, 5) is 16.0. The number of nitrogens with one attached hydrogen (secondary N) is 1. The minimum atomic E-state index is -0.932. The first-order valence-corrected chi connectivity index (χ1v) is 6.31. The number of hydrogen-bond donors (Lipinski definition) is 2. The van der Waals surface area contributed by atoms with Gasteiger partial charge in [-0.25, -0.2) is 9.78 Å². The van der Waals surface area contributed by atoms with E-state index in [1.165, 1.54) is 0 Å². The van der Waals surface area contributed by atoms with Crippen molar-refractivity contribution in [2.24, 2.45) is 0 Å². The monoisotopic (exact) mass is 257 g/mol. The molecule has 1 aromatic heterocycles. The van der Waals surface area contributed by atoms with Crippen LogP contribution in [0.4, 0.5) is 5.95 Å². The molecule has 0 fully saturated rings. The highest BCUT2D eigenvalue weighted by molar-refractivity contribution is 5.94. The number of hydrogen-bond acceptors (Lipinski definition) is 3. The van der Waals surface area contributed by atoms with Crippen LogP contribution in [0.3, 0.4) is 0 Å². The highest BCUT2D eigenvalue weighted by Gasteiger charge is 2.25. The van der Waals surface area contributed by atoms with Crippen LogP contribution in [-0.4, -0.2) is 27.2 Å². The minimum Gasteiger partial charge on any atom is -0.477 e. The Morgan fingerprint density at radius 1 is 1.47 bits per heavy atom. The van der Waals surface area contributed by atoms with E-state index in [9.17, 15) is 9.90 Å². The summed E-state index contributed by atoms with van der Waals surface area (Å²) >= 11 is 0. The Kier molecular flexibility index (Phi) is 2.74. The summed E-state index contributed by atoms with van der Waals surface area (Å²) in [7, 11) is 0. The van der Waals surface area contributed by atoms with Crippen molar-refractivity contribution in [1.29, 1.82) is 0 Å². The zero-order chi connectivity index (χ0) is 13.4. The van der Waals surface area contributed by atoms with Crippen molar-refractivity contribution >= 4 is 11.9 Å². The van der Waals surface area contributed by atoms with E-state index in [0.29, 0.717) is 18.2 Å². The van der Waals surface area contributed by atoms with Crippen LogP contribution in [0.25, 0.3) is 11.3 Å². The predicted molar refractivity (Wildman–Crippen MR) is 72.5 cm³/mol. The fraction of sp³-hybridized carbons (Fsp3) is 0.286. The lowest BCUT2D eigenvalue weighted by molar-refractivity contribution is 0.0686. The second-order valence-corrected chi connectivity index (χ2v) is 4.74. The van der Waals surface area contributed by atoms with Crippen LogP contribution < -0.4 is 5.32 Å². The van der Waals surface area contributed by atoms with E-state index in [4.69, 9.17) is 0 Å². The molecule has 0 saturated heterocycles. The number of imidazole rings is 1. The summed E-state index contributed by atoms with van der Waals surface area (Å²) in [6.45, 7) is 3.52. The second-order valence-electron chi connectivity index (χ2n) is 4.74. The number of nitrogens with zero attached hydrogens (tertiary/aromatic N) is 2. The van der Waals surface area contributed by atoms with Gasteiger partial charge in [0.15, 0.2) is 5.69 Å². The molecule has 5 heteroatoms. The average Bonchev–Trinajstić information content (AvgIpc) is 2.78. The van der Waals surface area contributed by atoms with Crippen LogP contribution in [0.5, 0.6) is 0 Å². The molecule has 0 atom stereocenters. The molecule has 0 radical (unpaired) electrons. The van der Waals surface area contributed by atoms with Crippen molar-refractivity contribution in [2.45, 2.75) is 19.9 Å². The summed E-state index contributed by atoms with van der Waals surface area (Å²) in [5.74, 6) is -0.279. The lowest BCUT2D eigenvalue weighted by atomic mass is 10.1. The zero-order valence-corrected chi connectivity index (χ0v) is 10.7. The SMILES string of the molecule is Cc1cccc(-c2nc3n(c2C(=O)O)CCCN3)c1. The van der Waals surface area contributed by atoms with Crippen molar-refractivity contribution in [2.75, 3.05) is 11.9 Å². The van der Waals surface area contributed by atoms with Gasteiger partial charge in [0.2, 0.25) is 5.95 Å². The lowest BCUT2D eigenvalue weighted by Gasteiger charge is -2.16. The number of aromatic nitrogens is 2. The van der Waals surface area contributed by atoms with E-state index < -0.39 is 5.97 Å². The third kappa shape index (κ3) is 1.97. The van der Waals surface area contributed by atoms with Crippen LogP contribution in [0.2, 0.25) is 0 Å². The number of fused-ring (bicyclic) bond motifs is 1. The van der Waals surface area contributed by atoms with Crippen molar-refractivity contribution in [3.63, 3.8) is 0 Å². The third-order valence-electron chi connectivity index (χ3n) is 3.30. The molecule has 1 aliphatic rings. The fourth-order valence-electron chi connectivity index (χ4n) is 2.45. The smallest absolute Gasteiger partial charge is 0.354 e. The number of aromatic carboxylic acids is 1. The maximum Gasteiger partial charge on any atom is 0.354 e. The van der Waals surface area contributed by atoms with Gasteiger partial charge < -0.3 is 15.0 Å². The molecule has 1 aliphatic heterocycles. The van der Waals surface area contributed by atoms with Crippen molar-refractivity contribution in [1.82, 2.24) is 9.55 Å². The number of carboxylic acid groups (broad SMARTS) is 1. The van der Waals surface area contributed by atoms with Crippen molar-refractivity contribution in [3.8, 4) is 11.3 Å². The first-order valence-electron chi connectivity index (χ1n) is 6.31. The molecule has 2 heterocycles. The van der Waals surface area contributed by atoms with Gasteiger partial charge in [0.05, 0.1) is 0 Å². The molecule has 2 aromatic rings. The molecular weight excluding hydrogens is 242 g/mol. The Labute approximate surface area is 110 Å². The number of carboxylic acids is 1. The normalized spacial score (nSPS) is 13.7. The van der Waals surface area contributed by atoms with Crippen LogP contribution in [-0.2, 0) is 6.54 Å². The molecule has 1 aromatic carbocycles. The molecule has 98 valence electrons. The number of aryl methyl sites for hydroxylation is 1. The van der Waals surface area contributed by atoms with Gasteiger partial charge in [-0.05, 0) is 19.4 Å². The maximum absolute atomic E-state index is 11.5. The third-order valence-corrected chi connectivity index (χ3v) is 3.30. The largest absolute Gasteiger partial charge is 0.477 e. The quantitative estimate of drug-likeness (QED) is 0.866. The van der Waals surface area contributed by atoms with E-state index in [1.54, 1.807) is 4.57 Å². The number of carbonyl (C=O) groups is 1. The van der Waals surface area contributed by atoms with Gasteiger partial charge in [-0.1, -0.05) is 23.8 Å². The Morgan fingerprint density at radius 3 is 3.05 bits per heavy atom. The summed E-state index contributed by atoms with van der Waals surface area (Å²) < 4.78 is 1.75. The topological polar surface area (TPSA) is 67.2 Å².